The molecule has 2 aromatic heterocycles. The first-order valence-electron chi connectivity index (χ1n) is 7.20. The quantitative estimate of drug-likeness (QED) is 0.720. The topological polar surface area (TPSA) is 89.6 Å². The Labute approximate surface area is 131 Å². The van der Waals surface area contributed by atoms with E-state index in [9.17, 15) is 10.2 Å². The number of aromatic hydroxyl groups is 2. The zero-order valence-corrected chi connectivity index (χ0v) is 12.4. The lowest BCUT2D eigenvalue weighted by Crippen LogP contribution is -2.31. The molecule has 23 heavy (non-hydrogen) atoms. The normalized spacial score (nSPS) is 14.8. The minimum atomic E-state index is -0.288. The predicted octanol–water partition coefficient (Wildman–Crippen LogP) is 2.09. The average molecular weight is 313 g/mol. The molecule has 7 nitrogen and oxygen atoms in total. The monoisotopic (exact) mass is 313 g/mol. The van der Waals surface area contributed by atoms with Crippen molar-refractivity contribution >= 4 is 11.2 Å². The Morgan fingerprint density at radius 1 is 1.30 bits per heavy atom. The van der Waals surface area contributed by atoms with Crippen LogP contribution in [0.4, 0.5) is 0 Å². The highest BCUT2D eigenvalue weighted by Crippen LogP contribution is 2.40. The first kappa shape index (κ1) is 13.8. The fourth-order valence-corrected chi connectivity index (χ4v) is 2.75. The molecule has 1 aromatic carbocycles. The molecule has 3 aromatic rings. The van der Waals surface area contributed by atoms with Gasteiger partial charge in [-0.2, -0.15) is 0 Å². The standard InChI is InChI=1S/C16H15N3O4/c1-22-13-6-9(5-12(20)14(13)21)16-18-15-11(3-2-4-17-15)19(16)10-7-23-8-10/h2-6,10,20-21H,7-8H2,1H3. The van der Waals surface area contributed by atoms with Gasteiger partial charge in [0.1, 0.15) is 5.82 Å². The lowest BCUT2D eigenvalue weighted by Gasteiger charge is -2.29. The number of hydrogen-bond acceptors (Lipinski definition) is 6. The van der Waals surface area contributed by atoms with E-state index in [-0.39, 0.29) is 23.3 Å². The Morgan fingerprint density at radius 3 is 2.83 bits per heavy atom. The van der Waals surface area contributed by atoms with Crippen molar-refractivity contribution in [2.24, 2.45) is 0 Å². The number of benzene rings is 1. The van der Waals surface area contributed by atoms with E-state index >= 15 is 0 Å². The molecule has 1 aliphatic rings. The number of rotatable bonds is 3. The van der Waals surface area contributed by atoms with Crippen LogP contribution in [-0.2, 0) is 4.74 Å². The van der Waals surface area contributed by atoms with E-state index in [1.165, 1.54) is 13.2 Å². The third-order valence-corrected chi connectivity index (χ3v) is 3.98. The van der Waals surface area contributed by atoms with Crippen molar-refractivity contribution in [1.29, 1.82) is 0 Å². The molecule has 0 bridgehead atoms. The summed E-state index contributed by atoms with van der Waals surface area (Å²) in [5, 5.41) is 19.8. The van der Waals surface area contributed by atoms with Crippen LogP contribution in [-0.4, -0.2) is 45.1 Å². The summed E-state index contributed by atoms with van der Waals surface area (Å²) in [5.41, 5.74) is 2.17. The summed E-state index contributed by atoms with van der Waals surface area (Å²) in [6.45, 7) is 1.21. The molecule has 118 valence electrons. The van der Waals surface area contributed by atoms with Gasteiger partial charge >= 0.3 is 0 Å². The van der Waals surface area contributed by atoms with Crippen LogP contribution in [0, 0.1) is 0 Å². The minimum absolute atomic E-state index is 0.168. The highest BCUT2D eigenvalue weighted by molar-refractivity contribution is 5.79. The summed E-state index contributed by atoms with van der Waals surface area (Å²) in [7, 11) is 1.43. The molecule has 7 heteroatoms. The molecular formula is C16H15N3O4. The lowest BCUT2D eigenvalue weighted by molar-refractivity contribution is -0.0209. The number of imidazole rings is 1. The van der Waals surface area contributed by atoms with E-state index in [0.717, 1.165) is 5.52 Å². The van der Waals surface area contributed by atoms with Crippen LogP contribution in [0.1, 0.15) is 6.04 Å². The smallest absolute Gasteiger partial charge is 0.200 e. The van der Waals surface area contributed by atoms with Crippen molar-refractivity contribution in [2.75, 3.05) is 20.3 Å². The Hall–Kier alpha value is -2.80. The number of phenolic OH excluding ortho intramolecular Hbond substituents is 2. The first-order chi connectivity index (χ1) is 11.2. The minimum Gasteiger partial charge on any atom is -0.504 e. The third-order valence-electron chi connectivity index (χ3n) is 3.98. The second kappa shape index (κ2) is 5.13. The van der Waals surface area contributed by atoms with Crippen molar-refractivity contribution in [3.05, 3.63) is 30.5 Å². The van der Waals surface area contributed by atoms with Gasteiger partial charge in [-0.25, -0.2) is 9.97 Å². The third kappa shape index (κ3) is 2.08. The van der Waals surface area contributed by atoms with Gasteiger partial charge in [-0.1, -0.05) is 0 Å². The summed E-state index contributed by atoms with van der Waals surface area (Å²) in [5.74, 6) is 0.303. The second-order valence-corrected chi connectivity index (χ2v) is 5.39. The van der Waals surface area contributed by atoms with Crippen LogP contribution in [0.15, 0.2) is 30.5 Å². The molecular weight excluding hydrogens is 298 g/mol. The summed E-state index contributed by atoms with van der Waals surface area (Å²) in [6, 6.07) is 7.09. The number of aromatic nitrogens is 3. The maximum Gasteiger partial charge on any atom is 0.200 e. The van der Waals surface area contributed by atoms with Gasteiger partial charge in [-0.3, -0.25) is 0 Å². The van der Waals surface area contributed by atoms with E-state index in [2.05, 4.69) is 14.5 Å². The zero-order chi connectivity index (χ0) is 16.0. The number of phenols is 2. The van der Waals surface area contributed by atoms with Gasteiger partial charge < -0.3 is 24.3 Å². The average Bonchev–Trinajstić information content (AvgIpc) is 2.88. The number of pyridine rings is 1. The van der Waals surface area contributed by atoms with E-state index in [1.807, 2.05) is 12.1 Å². The molecule has 3 heterocycles. The molecule has 0 unspecified atom stereocenters. The zero-order valence-electron chi connectivity index (χ0n) is 12.4. The maximum atomic E-state index is 9.94. The molecule has 2 N–H and O–H groups in total. The van der Waals surface area contributed by atoms with Crippen LogP contribution < -0.4 is 4.74 Å². The van der Waals surface area contributed by atoms with E-state index in [0.29, 0.717) is 30.2 Å². The molecule has 0 amide bonds. The molecule has 4 rings (SSSR count). The van der Waals surface area contributed by atoms with Crippen LogP contribution in [0.2, 0.25) is 0 Å². The fourth-order valence-electron chi connectivity index (χ4n) is 2.75. The van der Waals surface area contributed by atoms with Crippen LogP contribution >= 0.6 is 0 Å². The Kier molecular flexibility index (Phi) is 3.09. The van der Waals surface area contributed by atoms with Gasteiger partial charge in [-0.15, -0.1) is 0 Å². The number of methoxy groups -OCH3 is 1. The van der Waals surface area contributed by atoms with Crippen molar-refractivity contribution in [2.45, 2.75) is 6.04 Å². The summed E-state index contributed by atoms with van der Waals surface area (Å²) in [4.78, 5) is 8.88. The molecule has 1 fully saturated rings. The van der Waals surface area contributed by atoms with Crippen molar-refractivity contribution in [3.8, 4) is 28.6 Å². The predicted molar refractivity (Wildman–Crippen MR) is 82.7 cm³/mol. The molecule has 0 aliphatic carbocycles. The second-order valence-electron chi connectivity index (χ2n) is 5.39. The van der Waals surface area contributed by atoms with Crippen LogP contribution in [0.5, 0.6) is 17.2 Å². The fraction of sp³-hybridized carbons (Fsp3) is 0.250. The summed E-state index contributed by atoms with van der Waals surface area (Å²) < 4.78 is 12.5. The largest absolute Gasteiger partial charge is 0.504 e. The molecule has 0 atom stereocenters. The van der Waals surface area contributed by atoms with E-state index in [4.69, 9.17) is 9.47 Å². The van der Waals surface area contributed by atoms with Gasteiger partial charge in [-0.05, 0) is 24.3 Å². The Morgan fingerprint density at radius 2 is 2.13 bits per heavy atom. The van der Waals surface area contributed by atoms with Crippen LogP contribution in [0.3, 0.4) is 0 Å². The molecule has 1 aliphatic heterocycles. The summed E-state index contributed by atoms with van der Waals surface area (Å²) >= 11 is 0. The summed E-state index contributed by atoms with van der Waals surface area (Å²) in [6.07, 6.45) is 1.69. The van der Waals surface area contributed by atoms with Gasteiger partial charge in [0.25, 0.3) is 0 Å². The van der Waals surface area contributed by atoms with Crippen LogP contribution in [0.25, 0.3) is 22.6 Å². The van der Waals surface area contributed by atoms with Crippen molar-refractivity contribution in [1.82, 2.24) is 14.5 Å². The number of hydrogen-bond donors (Lipinski definition) is 2. The molecule has 0 saturated carbocycles. The van der Waals surface area contributed by atoms with Gasteiger partial charge in [0.15, 0.2) is 17.1 Å². The van der Waals surface area contributed by atoms with Gasteiger partial charge in [0.2, 0.25) is 5.75 Å². The number of nitrogens with zero attached hydrogens (tertiary/aromatic N) is 3. The Bertz CT molecular complexity index is 886. The maximum absolute atomic E-state index is 9.94. The Balaban J connectivity index is 1.96. The molecule has 0 spiro atoms. The highest BCUT2D eigenvalue weighted by Gasteiger charge is 2.27. The SMILES string of the molecule is COc1cc(-c2nc3ncccc3n2C2COC2)cc(O)c1O. The highest BCUT2D eigenvalue weighted by atomic mass is 16.5. The molecule has 0 radical (unpaired) electrons. The van der Waals surface area contributed by atoms with E-state index < -0.39 is 0 Å². The van der Waals surface area contributed by atoms with Gasteiger partial charge in [0, 0.05) is 11.8 Å². The van der Waals surface area contributed by atoms with Crippen molar-refractivity contribution in [3.63, 3.8) is 0 Å². The van der Waals surface area contributed by atoms with E-state index in [1.54, 1.807) is 12.3 Å². The van der Waals surface area contributed by atoms with Gasteiger partial charge in [0.05, 0.1) is 31.9 Å². The number of fused-ring (bicyclic) bond motifs is 1. The molecule has 1 saturated heterocycles. The van der Waals surface area contributed by atoms with Crippen molar-refractivity contribution < 1.29 is 19.7 Å². The lowest BCUT2D eigenvalue weighted by atomic mass is 10.1. The number of ether oxygens (including phenoxy) is 2. The first-order valence-corrected chi connectivity index (χ1v) is 7.20.